The summed E-state index contributed by atoms with van der Waals surface area (Å²) in [6.07, 6.45) is -5.90. The standard InChI is InChI=1S/C13H15F3O4/c1-9(13(14,15)16)19-6-3-7-20-11-5-2-4-10(8-11)12(17)18/h2,4-5,8-9H,3,6-7H2,1H3,(H,17,18). The van der Waals surface area contributed by atoms with Crippen LogP contribution < -0.4 is 4.74 Å². The van der Waals surface area contributed by atoms with E-state index in [0.29, 0.717) is 5.75 Å². The van der Waals surface area contributed by atoms with Crippen LogP contribution in [0, 0.1) is 0 Å². The molecule has 1 aromatic carbocycles. The fourth-order valence-corrected chi connectivity index (χ4v) is 1.32. The second kappa shape index (κ2) is 7.14. The SMILES string of the molecule is CC(OCCCOc1cccc(C(=O)O)c1)C(F)(F)F. The predicted octanol–water partition coefficient (Wildman–Crippen LogP) is 3.12. The Labute approximate surface area is 114 Å². The Hall–Kier alpha value is -1.76. The molecule has 0 heterocycles. The summed E-state index contributed by atoms with van der Waals surface area (Å²) in [4.78, 5) is 10.7. The molecular formula is C13H15F3O4. The second-order valence-electron chi connectivity index (χ2n) is 4.09. The van der Waals surface area contributed by atoms with Crippen LogP contribution >= 0.6 is 0 Å². The van der Waals surface area contributed by atoms with Gasteiger partial charge >= 0.3 is 12.1 Å². The maximum Gasteiger partial charge on any atom is 0.414 e. The lowest BCUT2D eigenvalue weighted by Crippen LogP contribution is -2.29. The van der Waals surface area contributed by atoms with Gasteiger partial charge in [0.05, 0.1) is 18.8 Å². The monoisotopic (exact) mass is 292 g/mol. The van der Waals surface area contributed by atoms with E-state index in [9.17, 15) is 18.0 Å². The maximum absolute atomic E-state index is 12.1. The third-order valence-corrected chi connectivity index (χ3v) is 2.47. The van der Waals surface area contributed by atoms with E-state index in [1.54, 1.807) is 6.07 Å². The highest BCUT2D eigenvalue weighted by molar-refractivity contribution is 5.87. The Morgan fingerprint density at radius 3 is 2.65 bits per heavy atom. The van der Waals surface area contributed by atoms with E-state index >= 15 is 0 Å². The van der Waals surface area contributed by atoms with Crippen molar-refractivity contribution in [1.29, 1.82) is 0 Å². The van der Waals surface area contributed by atoms with Crippen molar-refractivity contribution < 1.29 is 32.5 Å². The first kappa shape index (κ1) is 16.3. The van der Waals surface area contributed by atoms with Crippen LogP contribution in [0.15, 0.2) is 24.3 Å². The summed E-state index contributed by atoms with van der Waals surface area (Å²) >= 11 is 0. The summed E-state index contributed by atoms with van der Waals surface area (Å²) < 4.78 is 46.2. The third kappa shape index (κ3) is 5.48. The summed E-state index contributed by atoms with van der Waals surface area (Å²) in [5.41, 5.74) is 0.0874. The van der Waals surface area contributed by atoms with Gasteiger partial charge in [-0.05, 0) is 25.1 Å². The number of alkyl halides is 3. The summed E-state index contributed by atoms with van der Waals surface area (Å²) in [5, 5.41) is 8.77. The number of aromatic carboxylic acids is 1. The Balaban J connectivity index is 2.28. The lowest BCUT2D eigenvalue weighted by molar-refractivity contribution is -0.214. The largest absolute Gasteiger partial charge is 0.493 e. The summed E-state index contributed by atoms with van der Waals surface area (Å²) in [6.45, 7) is 1.00. The van der Waals surface area contributed by atoms with Crippen LogP contribution in [0.3, 0.4) is 0 Å². The molecule has 0 aliphatic rings. The maximum atomic E-state index is 12.1. The normalized spacial score (nSPS) is 13.0. The zero-order valence-corrected chi connectivity index (χ0v) is 10.8. The minimum absolute atomic E-state index is 0.0840. The lowest BCUT2D eigenvalue weighted by Gasteiger charge is -2.16. The number of carbonyl (C=O) groups is 1. The van der Waals surface area contributed by atoms with Crippen LogP contribution in [0.25, 0.3) is 0 Å². The van der Waals surface area contributed by atoms with Gasteiger partial charge in [0.25, 0.3) is 0 Å². The number of halogens is 3. The Kier molecular flexibility index (Phi) is 5.82. The second-order valence-corrected chi connectivity index (χ2v) is 4.09. The van der Waals surface area contributed by atoms with Crippen molar-refractivity contribution >= 4 is 5.97 Å². The molecule has 0 amide bonds. The van der Waals surface area contributed by atoms with E-state index in [2.05, 4.69) is 4.74 Å². The van der Waals surface area contributed by atoms with Crippen LogP contribution in [0.5, 0.6) is 5.75 Å². The van der Waals surface area contributed by atoms with Gasteiger partial charge in [0, 0.05) is 6.42 Å². The van der Waals surface area contributed by atoms with Crippen LogP contribution in [0.1, 0.15) is 23.7 Å². The molecule has 0 spiro atoms. The highest BCUT2D eigenvalue weighted by Gasteiger charge is 2.36. The molecule has 20 heavy (non-hydrogen) atoms. The van der Waals surface area contributed by atoms with Crippen molar-refractivity contribution in [3.63, 3.8) is 0 Å². The number of hydrogen-bond donors (Lipinski definition) is 1. The molecule has 0 fully saturated rings. The number of carboxylic acid groups (broad SMARTS) is 1. The van der Waals surface area contributed by atoms with Gasteiger partial charge in [0.15, 0.2) is 6.10 Å². The minimum Gasteiger partial charge on any atom is -0.493 e. The minimum atomic E-state index is -4.36. The van der Waals surface area contributed by atoms with Crippen LogP contribution in [-0.4, -0.2) is 36.6 Å². The van der Waals surface area contributed by atoms with E-state index in [0.717, 1.165) is 6.92 Å². The summed E-state index contributed by atoms with van der Waals surface area (Å²) in [5.74, 6) is -0.716. The predicted molar refractivity (Wildman–Crippen MR) is 65.0 cm³/mol. The van der Waals surface area contributed by atoms with Crippen LogP contribution in [-0.2, 0) is 4.74 Å². The van der Waals surface area contributed by atoms with Crippen molar-refractivity contribution in [2.45, 2.75) is 25.6 Å². The van der Waals surface area contributed by atoms with Gasteiger partial charge < -0.3 is 14.6 Å². The molecule has 1 aromatic rings. The van der Waals surface area contributed by atoms with Crippen molar-refractivity contribution in [1.82, 2.24) is 0 Å². The van der Waals surface area contributed by atoms with E-state index in [1.807, 2.05) is 0 Å². The van der Waals surface area contributed by atoms with Crippen LogP contribution in [0.2, 0.25) is 0 Å². The fraction of sp³-hybridized carbons (Fsp3) is 0.462. The number of ether oxygens (including phenoxy) is 2. The third-order valence-electron chi connectivity index (χ3n) is 2.47. The first-order valence-electron chi connectivity index (χ1n) is 5.95. The van der Waals surface area contributed by atoms with Crippen molar-refractivity contribution in [3.05, 3.63) is 29.8 Å². The molecule has 0 aliphatic carbocycles. The first-order chi connectivity index (χ1) is 9.30. The first-order valence-corrected chi connectivity index (χ1v) is 5.95. The Morgan fingerprint density at radius 2 is 2.05 bits per heavy atom. The van der Waals surface area contributed by atoms with Crippen LogP contribution in [0.4, 0.5) is 13.2 Å². The van der Waals surface area contributed by atoms with Gasteiger partial charge in [-0.2, -0.15) is 13.2 Å². The molecule has 112 valence electrons. The smallest absolute Gasteiger partial charge is 0.414 e. The average molecular weight is 292 g/mol. The molecule has 0 radical (unpaired) electrons. The zero-order valence-electron chi connectivity index (χ0n) is 10.8. The van der Waals surface area contributed by atoms with Gasteiger partial charge in [-0.1, -0.05) is 6.07 Å². The van der Waals surface area contributed by atoms with Gasteiger partial charge in [-0.15, -0.1) is 0 Å². The van der Waals surface area contributed by atoms with Crippen molar-refractivity contribution in [3.8, 4) is 5.75 Å². The summed E-state index contributed by atoms with van der Waals surface area (Å²) in [6, 6.07) is 5.87. The van der Waals surface area contributed by atoms with Gasteiger partial charge in [0.2, 0.25) is 0 Å². The zero-order chi connectivity index (χ0) is 15.2. The molecule has 1 rings (SSSR count). The topological polar surface area (TPSA) is 55.8 Å². The molecule has 7 heteroatoms. The molecule has 4 nitrogen and oxygen atoms in total. The molecular weight excluding hydrogens is 277 g/mol. The van der Waals surface area contributed by atoms with Gasteiger partial charge in [-0.3, -0.25) is 0 Å². The molecule has 0 bridgehead atoms. The molecule has 1 N–H and O–H groups in total. The van der Waals surface area contributed by atoms with Gasteiger partial charge in [-0.25, -0.2) is 4.79 Å². The molecule has 0 aliphatic heterocycles. The average Bonchev–Trinajstić information content (AvgIpc) is 2.37. The van der Waals surface area contributed by atoms with E-state index in [4.69, 9.17) is 9.84 Å². The molecule has 0 saturated carbocycles. The molecule has 0 saturated heterocycles. The Morgan fingerprint density at radius 1 is 1.35 bits per heavy atom. The Bertz CT molecular complexity index is 445. The number of benzene rings is 1. The highest BCUT2D eigenvalue weighted by atomic mass is 19.4. The van der Waals surface area contributed by atoms with E-state index in [-0.39, 0.29) is 25.2 Å². The van der Waals surface area contributed by atoms with Crippen molar-refractivity contribution in [2.24, 2.45) is 0 Å². The number of rotatable bonds is 7. The molecule has 1 atom stereocenters. The lowest BCUT2D eigenvalue weighted by atomic mass is 10.2. The van der Waals surface area contributed by atoms with E-state index in [1.165, 1.54) is 18.2 Å². The van der Waals surface area contributed by atoms with E-state index < -0.39 is 18.2 Å². The number of hydrogen-bond acceptors (Lipinski definition) is 3. The summed E-state index contributed by atoms with van der Waals surface area (Å²) in [7, 11) is 0. The fourth-order valence-electron chi connectivity index (χ4n) is 1.32. The van der Waals surface area contributed by atoms with Crippen molar-refractivity contribution in [2.75, 3.05) is 13.2 Å². The number of carboxylic acids is 1. The quantitative estimate of drug-likeness (QED) is 0.784. The molecule has 0 aromatic heterocycles. The van der Waals surface area contributed by atoms with Gasteiger partial charge in [0.1, 0.15) is 5.75 Å². The highest BCUT2D eigenvalue weighted by Crippen LogP contribution is 2.22. The molecule has 1 unspecified atom stereocenters.